The van der Waals surface area contributed by atoms with Gasteiger partial charge in [-0.3, -0.25) is 9.78 Å². The summed E-state index contributed by atoms with van der Waals surface area (Å²) in [6.07, 6.45) is 3.98. The zero-order valence-electron chi connectivity index (χ0n) is 9.06. The number of carbonyl (C=O) groups is 1. The van der Waals surface area contributed by atoms with Crippen molar-refractivity contribution in [3.05, 3.63) is 30.1 Å². The highest BCUT2D eigenvalue weighted by Crippen LogP contribution is 2.19. The number of carbonyl (C=O) groups excluding carboxylic acids is 1. The van der Waals surface area contributed by atoms with Gasteiger partial charge < -0.3 is 10.1 Å². The SMILES string of the molecule is CNCC[C@H](OC(C)=O)c1ccncc1. The molecule has 0 saturated heterocycles. The van der Waals surface area contributed by atoms with Gasteiger partial charge in [0.05, 0.1) is 0 Å². The number of ether oxygens (including phenoxy) is 1. The van der Waals surface area contributed by atoms with Crippen molar-refractivity contribution in [2.24, 2.45) is 0 Å². The molecule has 0 aliphatic carbocycles. The van der Waals surface area contributed by atoms with Gasteiger partial charge in [-0.15, -0.1) is 0 Å². The zero-order valence-corrected chi connectivity index (χ0v) is 9.06. The molecule has 0 bridgehead atoms. The number of hydrogen-bond acceptors (Lipinski definition) is 4. The van der Waals surface area contributed by atoms with Gasteiger partial charge in [-0.1, -0.05) is 0 Å². The van der Waals surface area contributed by atoms with Gasteiger partial charge in [-0.25, -0.2) is 0 Å². The standard InChI is InChI=1S/C11H16N2O2/c1-9(14)15-11(5-6-12-2)10-3-7-13-8-4-10/h3-4,7-8,11-12H,5-6H2,1-2H3/t11-/m0/s1. The minimum Gasteiger partial charge on any atom is -0.458 e. The maximum atomic E-state index is 10.9. The van der Waals surface area contributed by atoms with E-state index in [-0.39, 0.29) is 12.1 Å². The first-order valence-corrected chi connectivity index (χ1v) is 4.95. The Kier molecular flexibility index (Phi) is 4.77. The van der Waals surface area contributed by atoms with Gasteiger partial charge in [0.2, 0.25) is 0 Å². The summed E-state index contributed by atoms with van der Waals surface area (Å²) >= 11 is 0. The summed E-state index contributed by atoms with van der Waals surface area (Å²) in [7, 11) is 1.87. The van der Waals surface area contributed by atoms with Gasteiger partial charge in [0.15, 0.2) is 0 Å². The average Bonchev–Trinajstić information content (AvgIpc) is 2.25. The monoisotopic (exact) mass is 208 g/mol. The molecule has 1 atom stereocenters. The van der Waals surface area contributed by atoms with E-state index in [1.165, 1.54) is 6.92 Å². The molecule has 4 heteroatoms. The van der Waals surface area contributed by atoms with Crippen molar-refractivity contribution in [2.45, 2.75) is 19.4 Å². The Morgan fingerprint density at radius 2 is 2.20 bits per heavy atom. The second-order valence-electron chi connectivity index (χ2n) is 3.27. The summed E-state index contributed by atoms with van der Waals surface area (Å²) in [4.78, 5) is 14.9. The predicted molar refractivity (Wildman–Crippen MR) is 57.3 cm³/mol. The summed E-state index contributed by atoms with van der Waals surface area (Å²) in [5.74, 6) is -0.257. The van der Waals surface area contributed by atoms with Crippen LogP contribution in [-0.4, -0.2) is 24.5 Å². The minimum absolute atomic E-state index is 0.182. The second kappa shape index (κ2) is 6.14. The molecule has 15 heavy (non-hydrogen) atoms. The van der Waals surface area contributed by atoms with Crippen LogP contribution in [0.2, 0.25) is 0 Å². The summed E-state index contributed by atoms with van der Waals surface area (Å²) < 4.78 is 5.23. The van der Waals surface area contributed by atoms with Crippen LogP contribution in [0.15, 0.2) is 24.5 Å². The molecule has 0 unspecified atom stereocenters. The first-order valence-electron chi connectivity index (χ1n) is 4.95. The highest BCUT2D eigenvalue weighted by Gasteiger charge is 2.13. The lowest BCUT2D eigenvalue weighted by Gasteiger charge is -2.16. The van der Waals surface area contributed by atoms with Gasteiger partial charge in [0.1, 0.15) is 6.10 Å². The van der Waals surface area contributed by atoms with Crippen molar-refractivity contribution in [1.82, 2.24) is 10.3 Å². The Morgan fingerprint density at radius 1 is 1.53 bits per heavy atom. The Balaban J connectivity index is 2.67. The lowest BCUT2D eigenvalue weighted by Crippen LogP contribution is -2.16. The van der Waals surface area contributed by atoms with E-state index >= 15 is 0 Å². The zero-order chi connectivity index (χ0) is 11.1. The predicted octanol–water partition coefficient (Wildman–Crippen LogP) is 1.30. The maximum absolute atomic E-state index is 10.9. The highest BCUT2D eigenvalue weighted by molar-refractivity contribution is 5.66. The topological polar surface area (TPSA) is 51.2 Å². The third-order valence-corrected chi connectivity index (χ3v) is 2.04. The lowest BCUT2D eigenvalue weighted by molar-refractivity contribution is -0.147. The molecule has 1 N–H and O–H groups in total. The molecule has 0 radical (unpaired) electrons. The van der Waals surface area contributed by atoms with Crippen LogP contribution in [0.5, 0.6) is 0 Å². The lowest BCUT2D eigenvalue weighted by atomic mass is 10.1. The second-order valence-corrected chi connectivity index (χ2v) is 3.27. The van der Waals surface area contributed by atoms with Gasteiger partial charge >= 0.3 is 5.97 Å². The van der Waals surface area contributed by atoms with Crippen molar-refractivity contribution in [3.8, 4) is 0 Å². The third-order valence-electron chi connectivity index (χ3n) is 2.04. The normalized spacial score (nSPS) is 12.1. The molecule has 0 saturated carbocycles. The van der Waals surface area contributed by atoms with Gasteiger partial charge in [-0.05, 0) is 31.3 Å². The van der Waals surface area contributed by atoms with Crippen molar-refractivity contribution in [3.63, 3.8) is 0 Å². The fourth-order valence-corrected chi connectivity index (χ4v) is 1.35. The van der Waals surface area contributed by atoms with Gasteiger partial charge in [-0.2, -0.15) is 0 Å². The molecule has 0 aromatic carbocycles. The molecule has 1 heterocycles. The molecule has 1 aromatic heterocycles. The van der Waals surface area contributed by atoms with Crippen LogP contribution in [0.3, 0.4) is 0 Å². The van der Waals surface area contributed by atoms with Crippen LogP contribution in [-0.2, 0) is 9.53 Å². The number of aromatic nitrogens is 1. The molecule has 1 rings (SSSR count). The van der Waals surface area contributed by atoms with Crippen LogP contribution in [0, 0.1) is 0 Å². The van der Waals surface area contributed by atoms with E-state index in [0.29, 0.717) is 0 Å². The largest absolute Gasteiger partial charge is 0.458 e. The highest BCUT2D eigenvalue weighted by atomic mass is 16.5. The van der Waals surface area contributed by atoms with Crippen LogP contribution >= 0.6 is 0 Å². The first-order chi connectivity index (χ1) is 7.24. The molecular weight excluding hydrogens is 192 g/mol. The Hall–Kier alpha value is -1.42. The number of nitrogens with zero attached hydrogens (tertiary/aromatic N) is 1. The van der Waals surface area contributed by atoms with Crippen LogP contribution in [0.1, 0.15) is 25.0 Å². The van der Waals surface area contributed by atoms with Crippen molar-refractivity contribution >= 4 is 5.97 Å². The number of nitrogens with one attached hydrogen (secondary N) is 1. The Bertz CT molecular complexity index is 301. The van der Waals surface area contributed by atoms with Crippen LogP contribution < -0.4 is 5.32 Å². The molecule has 0 aliphatic heterocycles. The smallest absolute Gasteiger partial charge is 0.303 e. The van der Waals surface area contributed by atoms with E-state index in [1.807, 2.05) is 19.2 Å². The molecule has 4 nitrogen and oxygen atoms in total. The maximum Gasteiger partial charge on any atom is 0.303 e. The molecule has 82 valence electrons. The van der Waals surface area contributed by atoms with Crippen molar-refractivity contribution in [2.75, 3.05) is 13.6 Å². The molecular formula is C11H16N2O2. The van der Waals surface area contributed by atoms with Crippen molar-refractivity contribution in [1.29, 1.82) is 0 Å². The van der Waals surface area contributed by atoms with E-state index in [1.54, 1.807) is 12.4 Å². The van der Waals surface area contributed by atoms with E-state index in [9.17, 15) is 4.79 Å². The Labute approximate surface area is 89.7 Å². The fraction of sp³-hybridized carbons (Fsp3) is 0.455. The van der Waals surface area contributed by atoms with Crippen LogP contribution in [0.25, 0.3) is 0 Å². The average molecular weight is 208 g/mol. The van der Waals surface area contributed by atoms with E-state index in [0.717, 1.165) is 18.5 Å². The fourth-order valence-electron chi connectivity index (χ4n) is 1.35. The van der Waals surface area contributed by atoms with Crippen LogP contribution in [0.4, 0.5) is 0 Å². The quantitative estimate of drug-likeness (QED) is 0.741. The van der Waals surface area contributed by atoms with Crippen molar-refractivity contribution < 1.29 is 9.53 Å². The van der Waals surface area contributed by atoms with Gasteiger partial charge in [0, 0.05) is 25.7 Å². The molecule has 0 fully saturated rings. The number of esters is 1. The van der Waals surface area contributed by atoms with E-state index in [2.05, 4.69) is 10.3 Å². The molecule has 0 aliphatic rings. The first kappa shape index (κ1) is 11.7. The van der Waals surface area contributed by atoms with Gasteiger partial charge in [0.25, 0.3) is 0 Å². The van der Waals surface area contributed by atoms with E-state index in [4.69, 9.17) is 4.74 Å². The van der Waals surface area contributed by atoms with E-state index < -0.39 is 0 Å². The third kappa shape index (κ3) is 4.08. The summed E-state index contributed by atoms with van der Waals surface area (Å²) in [6.45, 7) is 2.23. The number of pyridine rings is 1. The summed E-state index contributed by atoms with van der Waals surface area (Å²) in [5, 5.41) is 3.03. The summed E-state index contributed by atoms with van der Waals surface area (Å²) in [5.41, 5.74) is 0.982. The minimum atomic E-state index is -0.257. The molecule has 1 aromatic rings. The Morgan fingerprint density at radius 3 is 2.73 bits per heavy atom. The number of hydrogen-bond donors (Lipinski definition) is 1. The summed E-state index contributed by atoms with van der Waals surface area (Å²) in [6, 6.07) is 3.73. The molecule has 0 spiro atoms. The number of rotatable bonds is 5. The molecule has 0 amide bonds.